The largest absolute Gasteiger partial charge is 0.350 e. The van der Waals surface area contributed by atoms with E-state index in [2.05, 4.69) is 106 Å². The third kappa shape index (κ3) is 2.09. The van der Waals surface area contributed by atoms with Crippen LogP contribution in [-0.4, -0.2) is 9.13 Å². The molecule has 2 atom stereocenters. The van der Waals surface area contributed by atoms with Gasteiger partial charge in [0.05, 0.1) is 0 Å². The van der Waals surface area contributed by atoms with Gasteiger partial charge in [-0.3, -0.25) is 0 Å². The van der Waals surface area contributed by atoms with Crippen molar-refractivity contribution in [2.75, 3.05) is 0 Å². The Morgan fingerprint density at radius 3 is 2.14 bits per heavy atom. The van der Waals surface area contributed by atoms with Crippen molar-refractivity contribution in [1.82, 2.24) is 9.13 Å². The molecule has 2 aromatic carbocycles. The van der Waals surface area contributed by atoms with E-state index in [0.29, 0.717) is 17.8 Å². The highest BCUT2D eigenvalue weighted by Crippen LogP contribution is 2.62. The Morgan fingerprint density at radius 2 is 1.46 bits per heavy atom. The average Bonchev–Trinajstić information content (AvgIpc) is 3.22. The number of para-hydroxylation sites is 2. The molecule has 0 N–H and O–H groups in total. The van der Waals surface area contributed by atoms with Gasteiger partial charge in [0.15, 0.2) is 0 Å². The minimum atomic E-state index is 0.157. The molecule has 0 bridgehead atoms. The number of nitrogens with zero attached hydrogens (tertiary/aromatic N) is 2. The summed E-state index contributed by atoms with van der Waals surface area (Å²) in [7, 11) is 4.44. The van der Waals surface area contributed by atoms with Crippen LogP contribution in [0.15, 0.2) is 54.7 Å². The van der Waals surface area contributed by atoms with E-state index in [0.717, 1.165) is 0 Å². The Labute approximate surface area is 167 Å². The second kappa shape index (κ2) is 5.76. The van der Waals surface area contributed by atoms with Gasteiger partial charge in [-0.15, -0.1) is 0 Å². The zero-order chi connectivity index (χ0) is 19.8. The maximum absolute atomic E-state index is 2.48. The van der Waals surface area contributed by atoms with Crippen molar-refractivity contribution < 1.29 is 0 Å². The lowest BCUT2D eigenvalue weighted by Crippen LogP contribution is -2.27. The number of hydrogen-bond acceptors (Lipinski definition) is 0. The van der Waals surface area contributed by atoms with Crippen molar-refractivity contribution in [2.24, 2.45) is 25.4 Å². The average molecular weight is 371 g/mol. The van der Waals surface area contributed by atoms with Gasteiger partial charge in [-0.2, -0.15) is 0 Å². The van der Waals surface area contributed by atoms with E-state index in [9.17, 15) is 0 Å². The van der Waals surface area contributed by atoms with Gasteiger partial charge < -0.3 is 9.13 Å². The fraction of sp³-hybridized carbons (Fsp3) is 0.385. The van der Waals surface area contributed by atoms with Crippen LogP contribution in [0, 0.1) is 11.3 Å². The molecule has 5 rings (SSSR count). The van der Waals surface area contributed by atoms with Gasteiger partial charge in [0, 0.05) is 53.7 Å². The van der Waals surface area contributed by atoms with Crippen LogP contribution in [0.25, 0.3) is 21.8 Å². The van der Waals surface area contributed by atoms with Crippen LogP contribution in [0.2, 0.25) is 0 Å². The molecular weight excluding hydrogens is 340 g/mol. The van der Waals surface area contributed by atoms with Crippen molar-refractivity contribution >= 4 is 21.8 Å². The number of fused-ring (bicyclic) bond motifs is 4. The van der Waals surface area contributed by atoms with Crippen LogP contribution in [0.1, 0.15) is 56.4 Å². The van der Waals surface area contributed by atoms with E-state index in [4.69, 9.17) is 0 Å². The molecule has 1 aliphatic carbocycles. The number of rotatable bonds is 2. The second-order valence-electron chi connectivity index (χ2n) is 9.56. The fourth-order valence-electron chi connectivity index (χ4n) is 6.37. The van der Waals surface area contributed by atoms with Crippen LogP contribution in [-0.2, 0) is 14.1 Å². The Balaban J connectivity index is 1.89. The highest BCUT2D eigenvalue weighted by molar-refractivity contribution is 5.90. The number of aromatic nitrogens is 2. The summed E-state index contributed by atoms with van der Waals surface area (Å²) in [4.78, 5) is 0. The van der Waals surface area contributed by atoms with E-state index in [-0.39, 0.29) is 5.41 Å². The molecule has 144 valence electrons. The highest BCUT2D eigenvalue weighted by Gasteiger charge is 2.51. The first-order valence-electron chi connectivity index (χ1n) is 10.4. The van der Waals surface area contributed by atoms with Crippen molar-refractivity contribution in [2.45, 2.75) is 39.5 Å². The van der Waals surface area contributed by atoms with Crippen LogP contribution >= 0.6 is 0 Å². The number of benzene rings is 2. The van der Waals surface area contributed by atoms with Gasteiger partial charge in [0.2, 0.25) is 0 Å². The van der Waals surface area contributed by atoms with E-state index in [1.807, 2.05) is 0 Å². The molecule has 0 aliphatic heterocycles. The lowest BCUT2D eigenvalue weighted by Gasteiger charge is -2.36. The summed E-state index contributed by atoms with van der Waals surface area (Å²) in [6.45, 7) is 9.75. The topological polar surface area (TPSA) is 9.86 Å². The third-order valence-corrected chi connectivity index (χ3v) is 7.23. The van der Waals surface area contributed by atoms with Gasteiger partial charge in [-0.1, -0.05) is 64.1 Å². The normalized spacial score (nSPS) is 21.1. The standard InChI is InChI=1S/C26H30N2/c1-16(2)23-22-18-12-8-10-14-21(18)28(6)25(22)24(26(23,3)4)19-15-27(5)20-13-9-7-11-17(19)20/h7-16,23-24H,1-6H3/t23-,24-/m0/s1. The predicted octanol–water partition coefficient (Wildman–Crippen LogP) is 6.58. The van der Waals surface area contributed by atoms with Crippen LogP contribution in [0.5, 0.6) is 0 Å². The maximum atomic E-state index is 2.48. The molecule has 0 spiro atoms. The van der Waals surface area contributed by atoms with Crippen molar-refractivity contribution in [3.63, 3.8) is 0 Å². The predicted molar refractivity (Wildman–Crippen MR) is 119 cm³/mol. The molecule has 0 saturated heterocycles. The highest BCUT2D eigenvalue weighted by atomic mass is 15.0. The quantitative estimate of drug-likeness (QED) is 0.377. The summed E-state index contributed by atoms with van der Waals surface area (Å²) >= 11 is 0. The first-order chi connectivity index (χ1) is 13.3. The van der Waals surface area contributed by atoms with E-state index >= 15 is 0 Å². The summed E-state index contributed by atoms with van der Waals surface area (Å²) in [5, 5.41) is 2.83. The van der Waals surface area contributed by atoms with E-state index < -0.39 is 0 Å². The Morgan fingerprint density at radius 1 is 0.857 bits per heavy atom. The van der Waals surface area contributed by atoms with Crippen molar-refractivity contribution in [3.8, 4) is 0 Å². The van der Waals surface area contributed by atoms with Crippen molar-refractivity contribution in [1.29, 1.82) is 0 Å². The van der Waals surface area contributed by atoms with Crippen LogP contribution in [0.3, 0.4) is 0 Å². The van der Waals surface area contributed by atoms with E-state index in [1.165, 1.54) is 33.1 Å². The summed E-state index contributed by atoms with van der Waals surface area (Å²) in [5.74, 6) is 1.52. The third-order valence-electron chi connectivity index (χ3n) is 7.23. The first-order valence-corrected chi connectivity index (χ1v) is 10.4. The van der Waals surface area contributed by atoms with Gasteiger partial charge in [-0.05, 0) is 40.5 Å². The van der Waals surface area contributed by atoms with Crippen LogP contribution in [0.4, 0.5) is 0 Å². The van der Waals surface area contributed by atoms with E-state index in [1.54, 1.807) is 5.56 Å². The summed E-state index contributed by atoms with van der Waals surface area (Å²) in [6.07, 6.45) is 2.38. The molecule has 2 heteroatoms. The lowest BCUT2D eigenvalue weighted by molar-refractivity contribution is 0.230. The molecule has 2 aromatic heterocycles. The molecule has 4 aromatic rings. The summed E-state index contributed by atoms with van der Waals surface area (Å²) in [5.41, 5.74) is 7.40. The Bertz CT molecular complexity index is 1200. The molecule has 0 radical (unpaired) electrons. The first kappa shape index (κ1) is 17.6. The van der Waals surface area contributed by atoms with Crippen molar-refractivity contribution in [3.05, 3.63) is 71.5 Å². The minimum Gasteiger partial charge on any atom is -0.350 e. The van der Waals surface area contributed by atoms with Gasteiger partial charge >= 0.3 is 0 Å². The Hall–Kier alpha value is -2.48. The molecule has 2 nitrogen and oxygen atoms in total. The fourth-order valence-corrected chi connectivity index (χ4v) is 6.37. The minimum absolute atomic E-state index is 0.157. The van der Waals surface area contributed by atoms with Gasteiger partial charge in [-0.25, -0.2) is 0 Å². The zero-order valence-electron chi connectivity index (χ0n) is 17.8. The van der Waals surface area contributed by atoms with Crippen LogP contribution < -0.4 is 0 Å². The molecule has 0 amide bonds. The molecule has 28 heavy (non-hydrogen) atoms. The van der Waals surface area contributed by atoms with Gasteiger partial charge in [0.25, 0.3) is 0 Å². The van der Waals surface area contributed by atoms with Gasteiger partial charge in [0.1, 0.15) is 0 Å². The second-order valence-corrected chi connectivity index (χ2v) is 9.56. The summed E-state index contributed by atoms with van der Waals surface area (Å²) < 4.78 is 4.77. The summed E-state index contributed by atoms with van der Waals surface area (Å²) in [6, 6.07) is 17.8. The molecule has 0 unspecified atom stereocenters. The molecular formula is C26H30N2. The Kier molecular flexibility index (Phi) is 3.62. The zero-order valence-corrected chi connectivity index (χ0v) is 17.8. The number of hydrogen-bond donors (Lipinski definition) is 0. The molecule has 0 saturated carbocycles. The molecule has 1 aliphatic rings. The smallest absolute Gasteiger partial charge is 0.0483 e. The monoisotopic (exact) mass is 370 g/mol. The maximum Gasteiger partial charge on any atom is 0.0483 e. The molecule has 2 heterocycles. The number of aryl methyl sites for hydroxylation is 2. The lowest BCUT2D eigenvalue weighted by atomic mass is 9.67. The SMILES string of the molecule is CC(C)[C@H]1c2c(n(C)c3ccccc23)[C@H](c2cn(C)c3ccccc23)C1(C)C. The molecule has 0 fully saturated rings.